The van der Waals surface area contributed by atoms with Crippen molar-refractivity contribution in [3.63, 3.8) is 0 Å². The number of hydrogen-bond acceptors (Lipinski definition) is 8. The number of nitrogens with zero attached hydrogens (tertiary/aromatic N) is 4. The van der Waals surface area contributed by atoms with Crippen molar-refractivity contribution in [1.29, 1.82) is 0 Å². The summed E-state index contributed by atoms with van der Waals surface area (Å²) in [5.41, 5.74) is 1.47. The highest BCUT2D eigenvalue weighted by Gasteiger charge is 2.39. The number of pyridine rings is 2. The summed E-state index contributed by atoms with van der Waals surface area (Å²) in [7, 11) is 1.64. The number of aromatic nitrogens is 4. The molecule has 10 nitrogen and oxygen atoms in total. The summed E-state index contributed by atoms with van der Waals surface area (Å²) < 4.78 is 18.9. The van der Waals surface area contributed by atoms with Crippen molar-refractivity contribution in [3.05, 3.63) is 35.8 Å². The molecule has 0 radical (unpaired) electrons. The van der Waals surface area contributed by atoms with Crippen molar-refractivity contribution < 1.29 is 24.1 Å². The van der Waals surface area contributed by atoms with E-state index in [4.69, 9.17) is 19.2 Å². The van der Waals surface area contributed by atoms with Crippen LogP contribution in [0.3, 0.4) is 0 Å². The Morgan fingerprint density at radius 2 is 2.22 bits per heavy atom. The number of nitrogens with one attached hydrogen (secondary N) is 1. The number of ether oxygens (including phenoxy) is 3. The lowest BCUT2D eigenvalue weighted by Gasteiger charge is -2.26. The maximum atomic E-state index is 11.5. The molecule has 170 valence electrons. The van der Waals surface area contributed by atoms with Gasteiger partial charge in [0.1, 0.15) is 23.8 Å². The minimum Gasteiger partial charge on any atom is -0.491 e. The second-order valence-corrected chi connectivity index (χ2v) is 7.97. The Hall–Kier alpha value is -3.08. The molecule has 1 aliphatic rings. The van der Waals surface area contributed by atoms with Crippen LogP contribution in [0.2, 0.25) is 0 Å². The smallest absolute Gasteiger partial charge is 0.222 e. The number of aryl methyl sites for hydroxylation is 1. The number of carbonyl (C=O) groups excluding carboxylic acids is 1. The average molecular weight is 441 g/mol. The first-order valence-electron chi connectivity index (χ1n) is 10.4. The van der Waals surface area contributed by atoms with Crippen LogP contribution in [0.15, 0.2) is 24.4 Å². The van der Waals surface area contributed by atoms with Gasteiger partial charge in [-0.25, -0.2) is 14.6 Å². The van der Waals surface area contributed by atoms with E-state index in [0.717, 1.165) is 16.6 Å². The zero-order valence-corrected chi connectivity index (χ0v) is 18.6. The van der Waals surface area contributed by atoms with Crippen LogP contribution >= 0.6 is 0 Å². The Bertz CT molecular complexity index is 1140. The summed E-state index contributed by atoms with van der Waals surface area (Å²) in [6, 6.07) is 5.33. The number of anilines is 1. The minimum absolute atomic E-state index is 0.134. The summed E-state index contributed by atoms with van der Waals surface area (Å²) in [5.74, 6) is 1.26. The third-order valence-corrected chi connectivity index (χ3v) is 5.39. The van der Waals surface area contributed by atoms with Crippen LogP contribution in [-0.4, -0.2) is 63.8 Å². The van der Waals surface area contributed by atoms with E-state index in [0.29, 0.717) is 42.7 Å². The normalized spacial score (nSPS) is 19.3. The van der Waals surface area contributed by atoms with Crippen LogP contribution in [0.4, 0.5) is 5.82 Å². The van der Waals surface area contributed by atoms with Crippen molar-refractivity contribution in [1.82, 2.24) is 19.7 Å². The zero-order chi connectivity index (χ0) is 22.9. The van der Waals surface area contributed by atoms with Gasteiger partial charge in [-0.2, -0.15) is 5.10 Å². The molecule has 0 saturated carbocycles. The highest BCUT2D eigenvalue weighted by atomic mass is 16.5. The highest BCUT2D eigenvalue weighted by Crippen LogP contribution is 2.35. The molecule has 1 saturated heterocycles. The van der Waals surface area contributed by atoms with Gasteiger partial charge in [0, 0.05) is 56.8 Å². The Labute approximate surface area is 185 Å². The second kappa shape index (κ2) is 8.81. The zero-order valence-electron chi connectivity index (χ0n) is 18.6. The fourth-order valence-corrected chi connectivity index (χ4v) is 3.73. The molecule has 2 N–H and O–H groups in total. The predicted molar refractivity (Wildman–Crippen MR) is 117 cm³/mol. The molecule has 2 atom stereocenters. The molecule has 10 heteroatoms. The fourth-order valence-electron chi connectivity index (χ4n) is 3.73. The summed E-state index contributed by atoms with van der Waals surface area (Å²) in [6.07, 6.45) is 1.71. The molecule has 3 aromatic heterocycles. The number of aliphatic hydroxyl groups excluding tert-OH is 1. The van der Waals surface area contributed by atoms with Crippen LogP contribution < -0.4 is 10.1 Å². The number of fused-ring (bicyclic) bond motifs is 1. The number of rotatable bonds is 7. The van der Waals surface area contributed by atoms with E-state index in [1.54, 1.807) is 37.0 Å². The Balaban J connectivity index is 1.86. The first-order valence-corrected chi connectivity index (χ1v) is 10.4. The number of hydrogen-bond donors (Lipinski definition) is 2. The maximum Gasteiger partial charge on any atom is 0.222 e. The van der Waals surface area contributed by atoms with E-state index in [-0.39, 0.29) is 12.5 Å². The monoisotopic (exact) mass is 441 g/mol. The molecule has 4 heterocycles. The molecule has 0 bridgehead atoms. The van der Waals surface area contributed by atoms with E-state index in [1.807, 2.05) is 13.0 Å². The van der Waals surface area contributed by atoms with E-state index in [9.17, 15) is 9.90 Å². The summed E-state index contributed by atoms with van der Waals surface area (Å²) in [4.78, 5) is 20.6. The van der Waals surface area contributed by atoms with Gasteiger partial charge < -0.3 is 24.6 Å². The topological polar surface area (TPSA) is 121 Å². The SMILES string of the molecule is CO[C@@]1(c2cc(OC[C@@H](C)O)cc(-n3nc(C)c4cnc(NC(C)=O)cc43)n2)CCOC1. The molecule has 0 aromatic carbocycles. The largest absolute Gasteiger partial charge is 0.491 e. The quantitative estimate of drug-likeness (QED) is 0.572. The van der Waals surface area contributed by atoms with E-state index < -0.39 is 11.7 Å². The summed E-state index contributed by atoms with van der Waals surface area (Å²) in [5, 5.41) is 17.9. The van der Waals surface area contributed by atoms with Crippen molar-refractivity contribution in [2.24, 2.45) is 0 Å². The van der Waals surface area contributed by atoms with E-state index >= 15 is 0 Å². The maximum absolute atomic E-state index is 11.5. The van der Waals surface area contributed by atoms with Gasteiger partial charge >= 0.3 is 0 Å². The van der Waals surface area contributed by atoms with Crippen molar-refractivity contribution in [2.75, 3.05) is 32.2 Å². The first kappa shape index (κ1) is 22.1. The Morgan fingerprint density at radius 3 is 2.88 bits per heavy atom. The lowest BCUT2D eigenvalue weighted by atomic mass is 9.97. The Kier molecular flexibility index (Phi) is 6.09. The second-order valence-electron chi connectivity index (χ2n) is 7.97. The highest BCUT2D eigenvalue weighted by molar-refractivity contribution is 5.91. The lowest BCUT2D eigenvalue weighted by molar-refractivity contribution is -0.114. The van der Waals surface area contributed by atoms with Gasteiger partial charge in [-0.1, -0.05) is 0 Å². The molecule has 4 rings (SSSR count). The number of amides is 1. The molecule has 0 unspecified atom stereocenters. The van der Waals surface area contributed by atoms with Gasteiger partial charge in [-0.05, 0) is 13.8 Å². The molecule has 0 spiro atoms. The average Bonchev–Trinajstić information content (AvgIpc) is 3.37. The standard InChI is InChI=1S/C22H27N5O5/c1-13(28)11-32-16-7-19(22(30-4)5-6-31-12-22)25-21(8-16)27-18-9-20(24-15(3)29)23-10-17(18)14(2)26-27/h7-10,13,28H,5-6,11-12H2,1-4H3,(H,23,24,29)/t13-,22+/m1/s1. The number of aliphatic hydroxyl groups is 1. The minimum atomic E-state index is -0.695. The van der Waals surface area contributed by atoms with E-state index in [2.05, 4.69) is 15.4 Å². The first-order chi connectivity index (χ1) is 15.3. The molecule has 1 fully saturated rings. The van der Waals surface area contributed by atoms with Gasteiger partial charge in [0.15, 0.2) is 5.82 Å². The van der Waals surface area contributed by atoms with Crippen LogP contribution in [0.1, 0.15) is 31.7 Å². The third kappa shape index (κ3) is 4.29. The molecular formula is C22H27N5O5. The van der Waals surface area contributed by atoms with Crippen molar-refractivity contribution >= 4 is 22.6 Å². The fraction of sp³-hybridized carbons (Fsp3) is 0.455. The molecular weight excluding hydrogens is 414 g/mol. The molecule has 32 heavy (non-hydrogen) atoms. The number of carbonyl (C=O) groups is 1. The summed E-state index contributed by atoms with van der Waals surface area (Å²) >= 11 is 0. The molecule has 1 amide bonds. The van der Waals surface area contributed by atoms with Crippen LogP contribution in [0.5, 0.6) is 5.75 Å². The van der Waals surface area contributed by atoms with Crippen LogP contribution in [0, 0.1) is 6.92 Å². The molecule has 0 aliphatic carbocycles. The Morgan fingerprint density at radius 1 is 1.41 bits per heavy atom. The predicted octanol–water partition coefficient (Wildman–Crippen LogP) is 2.10. The van der Waals surface area contributed by atoms with Crippen molar-refractivity contribution in [2.45, 2.75) is 38.9 Å². The summed E-state index contributed by atoms with van der Waals surface area (Å²) in [6.45, 7) is 6.05. The van der Waals surface area contributed by atoms with Gasteiger partial charge in [-0.15, -0.1) is 0 Å². The van der Waals surface area contributed by atoms with Gasteiger partial charge in [-0.3, -0.25) is 4.79 Å². The van der Waals surface area contributed by atoms with Crippen LogP contribution in [-0.2, 0) is 19.9 Å². The van der Waals surface area contributed by atoms with Gasteiger partial charge in [0.2, 0.25) is 5.91 Å². The lowest BCUT2D eigenvalue weighted by Crippen LogP contribution is -2.30. The third-order valence-electron chi connectivity index (χ3n) is 5.39. The van der Waals surface area contributed by atoms with Crippen molar-refractivity contribution in [3.8, 4) is 11.6 Å². The number of methoxy groups -OCH3 is 1. The molecule has 3 aromatic rings. The van der Waals surface area contributed by atoms with Gasteiger partial charge in [0.25, 0.3) is 0 Å². The van der Waals surface area contributed by atoms with Crippen LogP contribution in [0.25, 0.3) is 16.7 Å². The van der Waals surface area contributed by atoms with Gasteiger partial charge in [0.05, 0.1) is 29.6 Å². The van der Waals surface area contributed by atoms with E-state index in [1.165, 1.54) is 6.92 Å². The molecule has 1 aliphatic heterocycles.